The van der Waals surface area contributed by atoms with Crippen LogP contribution in [0.5, 0.6) is 6.01 Å². The van der Waals surface area contributed by atoms with E-state index in [-0.39, 0.29) is 18.6 Å². The van der Waals surface area contributed by atoms with Gasteiger partial charge in [-0.1, -0.05) is 6.92 Å². The minimum absolute atomic E-state index is 0.165. The maximum Gasteiger partial charge on any atom is 0.323 e. The van der Waals surface area contributed by atoms with Gasteiger partial charge in [0.1, 0.15) is 0 Å². The normalized spacial score (nSPS) is 10.5. The third-order valence-electron chi connectivity index (χ3n) is 2.55. The highest BCUT2D eigenvalue weighted by atomic mass is 16.5. The summed E-state index contributed by atoms with van der Waals surface area (Å²) in [5.74, 6) is 0.681. The van der Waals surface area contributed by atoms with Crippen molar-refractivity contribution in [2.45, 2.75) is 32.6 Å². The van der Waals surface area contributed by atoms with E-state index < -0.39 is 0 Å². The Balaban J connectivity index is 2.57. The van der Waals surface area contributed by atoms with Crippen LogP contribution in [0, 0.1) is 0 Å². The molecule has 0 radical (unpaired) electrons. The van der Waals surface area contributed by atoms with E-state index in [0.717, 1.165) is 32.2 Å². The lowest BCUT2D eigenvalue weighted by atomic mass is 10.2. The highest BCUT2D eigenvalue weighted by molar-refractivity contribution is 5.34. The summed E-state index contributed by atoms with van der Waals surface area (Å²) in [6.45, 7) is 3.61. The zero-order valence-corrected chi connectivity index (χ0v) is 11.7. The molecule has 1 rings (SSSR count). The van der Waals surface area contributed by atoms with Gasteiger partial charge in [-0.15, -0.1) is 0 Å². The molecule has 0 saturated heterocycles. The Hall–Kier alpha value is -1.63. The van der Waals surface area contributed by atoms with Gasteiger partial charge in [-0.25, -0.2) is 0 Å². The van der Waals surface area contributed by atoms with Crippen LogP contribution in [0.1, 0.15) is 32.6 Å². The molecule has 0 saturated carbocycles. The number of nitrogens with two attached hydrogens (primary N) is 1. The summed E-state index contributed by atoms with van der Waals surface area (Å²) < 4.78 is 5.37. The number of aliphatic hydroxyl groups is 1. The predicted molar refractivity (Wildman–Crippen MR) is 74.2 cm³/mol. The summed E-state index contributed by atoms with van der Waals surface area (Å²) >= 11 is 0. The number of hydrogen-bond donors (Lipinski definition) is 2. The van der Waals surface area contributed by atoms with Gasteiger partial charge >= 0.3 is 6.01 Å². The molecular formula is C12H23N5O2. The summed E-state index contributed by atoms with van der Waals surface area (Å²) in [6.07, 6.45) is 3.64. The average Bonchev–Trinajstić information content (AvgIpc) is 2.40. The third-order valence-corrected chi connectivity index (χ3v) is 2.55. The zero-order valence-electron chi connectivity index (χ0n) is 11.7. The molecule has 0 aliphatic heterocycles. The smallest absolute Gasteiger partial charge is 0.323 e. The molecule has 0 bridgehead atoms. The van der Waals surface area contributed by atoms with Crippen molar-refractivity contribution in [2.75, 3.05) is 37.4 Å². The van der Waals surface area contributed by atoms with E-state index in [1.165, 1.54) is 0 Å². The summed E-state index contributed by atoms with van der Waals surface area (Å²) in [4.78, 5) is 14.2. The maximum absolute atomic E-state index is 8.72. The number of aromatic nitrogens is 3. The molecular weight excluding hydrogens is 246 g/mol. The largest absolute Gasteiger partial charge is 0.463 e. The number of hydrogen-bond acceptors (Lipinski definition) is 7. The minimum Gasteiger partial charge on any atom is -0.463 e. The van der Waals surface area contributed by atoms with Crippen LogP contribution in [0.25, 0.3) is 0 Å². The van der Waals surface area contributed by atoms with Crippen LogP contribution in [0.15, 0.2) is 0 Å². The van der Waals surface area contributed by atoms with E-state index in [2.05, 4.69) is 15.0 Å². The first-order chi connectivity index (χ1) is 9.17. The number of ether oxygens (including phenoxy) is 1. The Labute approximate surface area is 113 Å². The molecule has 19 heavy (non-hydrogen) atoms. The van der Waals surface area contributed by atoms with Crippen LogP contribution in [0.2, 0.25) is 0 Å². The standard InChI is InChI=1S/C12H23N5O2/c1-3-9-19-12-15-10(13)14-11(16-12)17(2)7-5-4-6-8-18/h18H,3-9H2,1-2H3,(H2,13,14,15,16). The fourth-order valence-corrected chi connectivity index (χ4v) is 1.53. The molecule has 0 unspecified atom stereocenters. The Morgan fingerprint density at radius 3 is 2.68 bits per heavy atom. The summed E-state index contributed by atoms with van der Waals surface area (Å²) in [5, 5.41) is 8.72. The molecule has 3 N–H and O–H groups in total. The number of nitrogen functional groups attached to an aromatic ring is 1. The SMILES string of the molecule is CCCOc1nc(N)nc(N(C)CCCCCO)n1. The van der Waals surface area contributed by atoms with Crippen LogP contribution in [-0.4, -0.2) is 46.9 Å². The second-order valence-electron chi connectivity index (χ2n) is 4.33. The molecule has 1 aromatic rings. The highest BCUT2D eigenvalue weighted by Crippen LogP contribution is 2.13. The number of rotatable bonds is 9. The molecule has 0 aromatic carbocycles. The van der Waals surface area contributed by atoms with Gasteiger partial charge in [-0.2, -0.15) is 15.0 Å². The van der Waals surface area contributed by atoms with Gasteiger partial charge in [0.25, 0.3) is 0 Å². The number of aliphatic hydroxyl groups excluding tert-OH is 1. The maximum atomic E-state index is 8.72. The average molecular weight is 269 g/mol. The number of nitrogens with zero attached hydrogens (tertiary/aromatic N) is 4. The van der Waals surface area contributed by atoms with Crippen LogP contribution in [0.4, 0.5) is 11.9 Å². The van der Waals surface area contributed by atoms with Gasteiger partial charge in [0.15, 0.2) is 0 Å². The first-order valence-electron chi connectivity index (χ1n) is 6.63. The predicted octanol–water partition coefficient (Wildman–Crippen LogP) is 0.841. The van der Waals surface area contributed by atoms with Crippen LogP contribution < -0.4 is 15.4 Å². The Kier molecular flexibility index (Phi) is 6.88. The number of unbranched alkanes of at least 4 members (excludes halogenated alkanes) is 2. The molecule has 0 fully saturated rings. The monoisotopic (exact) mass is 269 g/mol. The molecule has 0 aliphatic rings. The Bertz CT molecular complexity index is 375. The second-order valence-corrected chi connectivity index (χ2v) is 4.33. The van der Waals surface area contributed by atoms with Crippen molar-refractivity contribution in [3.63, 3.8) is 0 Å². The van der Waals surface area contributed by atoms with Crippen molar-refractivity contribution in [1.29, 1.82) is 0 Å². The lowest BCUT2D eigenvalue weighted by Crippen LogP contribution is -2.22. The van der Waals surface area contributed by atoms with Crippen molar-refractivity contribution >= 4 is 11.9 Å². The van der Waals surface area contributed by atoms with E-state index >= 15 is 0 Å². The minimum atomic E-state index is 0.165. The van der Waals surface area contributed by atoms with Gasteiger partial charge in [-0.3, -0.25) is 0 Å². The Morgan fingerprint density at radius 2 is 2.00 bits per heavy atom. The van der Waals surface area contributed by atoms with Crippen LogP contribution in [-0.2, 0) is 0 Å². The van der Waals surface area contributed by atoms with Gasteiger partial charge in [0.2, 0.25) is 11.9 Å². The fourth-order valence-electron chi connectivity index (χ4n) is 1.53. The molecule has 0 atom stereocenters. The van der Waals surface area contributed by atoms with Crippen LogP contribution in [0.3, 0.4) is 0 Å². The van der Waals surface area contributed by atoms with Crippen LogP contribution >= 0.6 is 0 Å². The number of anilines is 2. The highest BCUT2D eigenvalue weighted by Gasteiger charge is 2.09. The molecule has 1 aromatic heterocycles. The molecule has 7 heteroatoms. The molecule has 1 heterocycles. The summed E-state index contributed by atoms with van der Waals surface area (Å²) in [7, 11) is 1.90. The molecule has 108 valence electrons. The van der Waals surface area contributed by atoms with Gasteiger partial charge < -0.3 is 20.5 Å². The van der Waals surface area contributed by atoms with Gasteiger partial charge in [0, 0.05) is 20.2 Å². The molecule has 0 amide bonds. The van der Waals surface area contributed by atoms with Crippen molar-refractivity contribution in [2.24, 2.45) is 0 Å². The van der Waals surface area contributed by atoms with E-state index in [4.69, 9.17) is 15.6 Å². The van der Waals surface area contributed by atoms with E-state index in [1.54, 1.807) is 0 Å². The van der Waals surface area contributed by atoms with Crippen molar-refractivity contribution in [3.8, 4) is 6.01 Å². The first kappa shape index (κ1) is 15.4. The zero-order chi connectivity index (χ0) is 14.1. The molecule has 0 spiro atoms. The van der Waals surface area contributed by atoms with E-state index in [1.807, 2.05) is 18.9 Å². The van der Waals surface area contributed by atoms with Gasteiger partial charge in [-0.05, 0) is 25.7 Å². The first-order valence-corrected chi connectivity index (χ1v) is 6.63. The second kappa shape index (κ2) is 8.47. The third kappa shape index (κ3) is 5.69. The van der Waals surface area contributed by atoms with Gasteiger partial charge in [0.05, 0.1) is 6.61 Å². The van der Waals surface area contributed by atoms with Crippen molar-refractivity contribution < 1.29 is 9.84 Å². The summed E-state index contributed by atoms with van der Waals surface area (Å²) in [5.41, 5.74) is 5.64. The topological polar surface area (TPSA) is 97.4 Å². The van der Waals surface area contributed by atoms with Crippen molar-refractivity contribution in [3.05, 3.63) is 0 Å². The van der Waals surface area contributed by atoms with E-state index in [9.17, 15) is 0 Å². The lowest BCUT2D eigenvalue weighted by Gasteiger charge is -2.17. The van der Waals surface area contributed by atoms with E-state index in [0.29, 0.717) is 12.6 Å². The molecule has 7 nitrogen and oxygen atoms in total. The lowest BCUT2D eigenvalue weighted by molar-refractivity contribution is 0.283. The van der Waals surface area contributed by atoms with Crippen molar-refractivity contribution in [1.82, 2.24) is 15.0 Å². The quantitative estimate of drug-likeness (QED) is 0.641. The molecule has 0 aliphatic carbocycles. The fraction of sp³-hybridized carbons (Fsp3) is 0.750. The Morgan fingerprint density at radius 1 is 1.21 bits per heavy atom. The summed E-state index contributed by atoms with van der Waals surface area (Å²) in [6, 6.07) is 0.270.